The van der Waals surface area contributed by atoms with Crippen molar-refractivity contribution in [3.05, 3.63) is 35.6 Å². The predicted molar refractivity (Wildman–Crippen MR) is 139 cm³/mol. The Labute approximate surface area is 232 Å². The lowest BCUT2D eigenvalue weighted by Gasteiger charge is -2.61. The van der Waals surface area contributed by atoms with Crippen LogP contribution in [0.25, 0.3) is 0 Å². The predicted octanol–water partition coefficient (Wildman–Crippen LogP) is 3.48. The molecule has 0 aromatic rings. The molecule has 0 aliphatic heterocycles. The highest BCUT2D eigenvalue weighted by molar-refractivity contribution is 6.02. The molecule has 0 unspecified atom stereocenters. The zero-order valence-electron chi connectivity index (χ0n) is 23.7. The molecular weight excluding hydrogens is 523 g/mol. The summed E-state index contributed by atoms with van der Waals surface area (Å²) in [5, 5.41) is 11.7. The van der Waals surface area contributed by atoms with Gasteiger partial charge in [-0.25, -0.2) is 4.39 Å². The minimum atomic E-state index is -2.36. The first-order chi connectivity index (χ1) is 18.6. The van der Waals surface area contributed by atoms with Crippen molar-refractivity contribution in [3.8, 4) is 0 Å². The number of fused-ring (bicyclic) bond motifs is 5. The van der Waals surface area contributed by atoms with Crippen molar-refractivity contribution in [2.45, 2.75) is 84.6 Å². The Morgan fingerprint density at radius 3 is 2.38 bits per heavy atom. The summed E-state index contributed by atoms with van der Waals surface area (Å²) in [5.41, 5.74) is -6.84. The van der Waals surface area contributed by atoms with Crippen LogP contribution in [0.15, 0.2) is 35.6 Å². The largest absolute Gasteiger partial charge is 0.457 e. The van der Waals surface area contributed by atoms with Crippen molar-refractivity contribution in [2.75, 3.05) is 6.61 Å². The Hall–Kier alpha value is -3.14. The molecule has 8 atom stereocenters. The van der Waals surface area contributed by atoms with Crippen LogP contribution in [0, 0.1) is 28.6 Å². The number of carbonyl (C=O) groups is 5. The van der Waals surface area contributed by atoms with E-state index in [9.17, 15) is 29.1 Å². The van der Waals surface area contributed by atoms with Gasteiger partial charge < -0.3 is 19.3 Å². The van der Waals surface area contributed by atoms with Gasteiger partial charge in [0, 0.05) is 42.6 Å². The quantitative estimate of drug-likeness (QED) is 0.367. The van der Waals surface area contributed by atoms with Gasteiger partial charge in [0.25, 0.3) is 0 Å². The van der Waals surface area contributed by atoms with Crippen LogP contribution in [-0.4, -0.2) is 58.6 Å². The minimum absolute atomic E-state index is 0.0151. The molecule has 0 aromatic carbocycles. The van der Waals surface area contributed by atoms with E-state index < -0.39 is 82.0 Å². The number of aliphatic hydroxyl groups excluding tert-OH is 1. The summed E-state index contributed by atoms with van der Waals surface area (Å²) in [7, 11) is 0. The van der Waals surface area contributed by atoms with Gasteiger partial charge in [0.2, 0.25) is 5.78 Å². The first kappa shape index (κ1) is 29.8. The summed E-state index contributed by atoms with van der Waals surface area (Å²) < 4.78 is 34.3. The molecule has 4 rings (SSSR count). The van der Waals surface area contributed by atoms with Gasteiger partial charge in [-0.2, -0.15) is 0 Å². The molecule has 1 N–H and O–H groups in total. The van der Waals surface area contributed by atoms with E-state index in [-0.39, 0.29) is 37.0 Å². The number of Topliss-reactive ketones (excluding diaryl/α,β-unsaturated/α-hetero) is 1. The Bertz CT molecular complexity index is 1250. The van der Waals surface area contributed by atoms with Gasteiger partial charge in [-0.3, -0.25) is 24.0 Å². The lowest BCUT2D eigenvalue weighted by atomic mass is 9.46. The highest BCUT2D eigenvalue weighted by atomic mass is 19.1. The van der Waals surface area contributed by atoms with Gasteiger partial charge in [-0.05, 0) is 43.9 Å². The lowest BCUT2D eigenvalue weighted by molar-refractivity contribution is -0.219. The molecule has 218 valence electrons. The van der Waals surface area contributed by atoms with Crippen molar-refractivity contribution in [1.29, 1.82) is 0 Å². The molecule has 0 heterocycles. The van der Waals surface area contributed by atoms with Crippen molar-refractivity contribution in [1.82, 2.24) is 0 Å². The third-order valence-corrected chi connectivity index (χ3v) is 9.69. The molecule has 2 saturated carbocycles. The molecule has 0 radical (unpaired) electrons. The third-order valence-electron chi connectivity index (χ3n) is 9.69. The Morgan fingerprint density at radius 1 is 1.12 bits per heavy atom. The second-order valence-electron chi connectivity index (χ2n) is 11.8. The highest BCUT2D eigenvalue weighted by Crippen LogP contribution is 2.71. The van der Waals surface area contributed by atoms with E-state index in [1.54, 1.807) is 34.6 Å². The molecule has 0 saturated heterocycles. The zero-order valence-corrected chi connectivity index (χ0v) is 23.7. The van der Waals surface area contributed by atoms with Crippen molar-refractivity contribution in [3.63, 3.8) is 0 Å². The van der Waals surface area contributed by atoms with Gasteiger partial charge in [-0.1, -0.05) is 33.8 Å². The lowest BCUT2D eigenvalue weighted by Crippen LogP contribution is -2.69. The number of alkyl halides is 1. The normalized spacial score (nSPS) is 39.6. The molecule has 40 heavy (non-hydrogen) atoms. The average Bonchev–Trinajstić information content (AvgIpc) is 3.11. The number of hydrogen-bond donors (Lipinski definition) is 1. The highest BCUT2D eigenvalue weighted by Gasteiger charge is 2.77. The molecule has 0 aromatic heterocycles. The summed E-state index contributed by atoms with van der Waals surface area (Å²) in [5.74, 6) is -5.33. The fourth-order valence-electron chi connectivity index (χ4n) is 7.80. The Morgan fingerprint density at radius 2 is 1.77 bits per heavy atom. The second kappa shape index (κ2) is 10.0. The minimum Gasteiger partial charge on any atom is -0.457 e. The maximum absolute atomic E-state index is 17.7. The van der Waals surface area contributed by atoms with Gasteiger partial charge in [-0.15, -0.1) is 0 Å². The topological polar surface area (TPSA) is 133 Å². The fraction of sp³-hybridized carbons (Fsp3) is 0.633. The number of ether oxygens (including phenoxy) is 3. The third kappa shape index (κ3) is 4.01. The van der Waals surface area contributed by atoms with Crippen LogP contribution < -0.4 is 0 Å². The summed E-state index contributed by atoms with van der Waals surface area (Å²) in [6, 6.07) is 0. The maximum atomic E-state index is 17.7. The number of allylic oxidation sites excluding steroid dienone is 5. The van der Waals surface area contributed by atoms with Gasteiger partial charge in [0.15, 0.2) is 23.7 Å². The number of rotatable bonds is 7. The number of carbonyl (C=O) groups excluding carboxylic acids is 5. The van der Waals surface area contributed by atoms with Crippen LogP contribution in [0.2, 0.25) is 0 Å². The molecule has 9 nitrogen and oxygen atoms in total. The van der Waals surface area contributed by atoms with E-state index in [0.717, 1.165) is 0 Å². The van der Waals surface area contributed by atoms with Crippen LogP contribution in [0.1, 0.15) is 67.2 Å². The zero-order chi connectivity index (χ0) is 29.8. The first-order valence-electron chi connectivity index (χ1n) is 13.8. The summed E-state index contributed by atoms with van der Waals surface area (Å²) >= 11 is 0. The molecule has 0 bridgehead atoms. The fourth-order valence-corrected chi connectivity index (χ4v) is 7.80. The van der Waals surface area contributed by atoms with E-state index in [4.69, 9.17) is 14.2 Å². The van der Waals surface area contributed by atoms with Crippen molar-refractivity contribution < 1.29 is 47.7 Å². The Kier molecular flexibility index (Phi) is 7.49. The molecule has 0 spiro atoms. The second-order valence-corrected chi connectivity index (χ2v) is 11.8. The van der Waals surface area contributed by atoms with E-state index in [1.165, 1.54) is 31.2 Å². The smallest absolute Gasteiger partial charge is 0.308 e. The van der Waals surface area contributed by atoms with E-state index in [0.29, 0.717) is 0 Å². The number of aliphatic hydroxyl groups is 1. The van der Waals surface area contributed by atoms with Crippen LogP contribution in [0.5, 0.6) is 0 Å². The molecular formula is C30H37FO9. The average molecular weight is 561 g/mol. The SMILES string of the molecule is CCC(=O)OCC(=O)[C@]1(OC(=O)CC)[C@@H](C)C[C@H]2[C@@H]3C=C(OC(C)=O)C4=CC(=O)C=C[C@]4(C)[C@@]3(F)[C@@H](O)C[C@@]21C. The maximum Gasteiger partial charge on any atom is 0.308 e. The van der Waals surface area contributed by atoms with Crippen LogP contribution >= 0.6 is 0 Å². The first-order valence-corrected chi connectivity index (χ1v) is 13.8. The van der Waals surface area contributed by atoms with Crippen LogP contribution in [0.4, 0.5) is 4.39 Å². The molecule has 4 aliphatic rings. The molecule has 2 fully saturated rings. The van der Waals surface area contributed by atoms with E-state index in [1.807, 2.05) is 0 Å². The van der Waals surface area contributed by atoms with Crippen molar-refractivity contribution >= 4 is 29.5 Å². The molecule has 4 aliphatic carbocycles. The van der Waals surface area contributed by atoms with Crippen molar-refractivity contribution in [2.24, 2.45) is 28.6 Å². The molecule has 0 amide bonds. The Balaban J connectivity index is 1.91. The number of ketones is 2. The van der Waals surface area contributed by atoms with Gasteiger partial charge in [0.1, 0.15) is 5.76 Å². The number of esters is 3. The van der Waals surface area contributed by atoms with Crippen LogP contribution in [0.3, 0.4) is 0 Å². The van der Waals surface area contributed by atoms with Gasteiger partial charge in [0.05, 0.1) is 11.5 Å². The summed E-state index contributed by atoms with van der Waals surface area (Å²) in [6.07, 6.45) is 3.60. The number of halogens is 1. The van der Waals surface area contributed by atoms with E-state index >= 15 is 4.39 Å². The standard InChI is InChI=1S/C30H37FO9/c1-7-25(36)38-15-24(35)30(40-26(37)8-2)16(3)11-19-20-13-22(39-17(4)32)21-12-18(33)9-10-27(21,5)29(20,31)23(34)14-28(19,30)6/h9-10,12-13,16,19-20,23,34H,7-8,11,14-15H2,1-6H3/t16-,19-,20-,23-,27-,28-,29-,30+/m0/s1. The van der Waals surface area contributed by atoms with Gasteiger partial charge >= 0.3 is 17.9 Å². The van der Waals surface area contributed by atoms with E-state index in [2.05, 4.69) is 0 Å². The molecule has 10 heteroatoms. The number of hydrogen-bond acceptors (Lipinski definition) is 9. The van der Waals surface area contributed by atoms with Crippen LogP contribution in [-0.2, 0) is 38.2 Å². The summed E-state index contributed by atoms with van der Waals surface area (Å²) in [6.45, 7) is 8.70. The summed E-state index contributed by atoms with van der Waals surface area (Å²) in [4.78, 5) is 62.9. The monoisotopic (exact) mass is 560 g/mol.